The second-order valence-electron chi connectivity index (χ2n) is 4.01. The molecular weight excluding hydrogens is 280 g/mol. The lowest BCUT2D eigenvalue weighted by atomic mass is 10.0. The first-order valence-electron chi connectivity index (χ1n) is 5.69. The van der Waals surface area contributed by atoms with E-state index in [0.29, 0.717) is 5.56 Å². The predicted molar refractivity (Wildman–Crippen MR) is 72.7 cm³/mol. The predicted octanol–water partition coefficient (Wildman–Crippen LogP) is 2.17. The van der Waals surface area contributed by atoms with Crippen molar-refractivity contribution >= 4 is 15.9 Å². The highest BCUT2D eigenvalue weighted by Crippen LogP contribution is 2.28. The summed E-state index contributed by atoms with van der Waals surface area (Å²) in [6.07, 6.45) is 0. The lowest BCUT2D eigenvalue weighted by Gasteiger charge is -2.10. The summed E-state index contributed by atoms with van der Waals surface area (Å²) in [5.74, 6) is -0.577. The Morgan fingerprint density at radius 1 is 1.05 bits per heavy atom. The molecule has 0 saturated heterocycles. The summed E-state index contributed by atoms with van der Waals surface area (Å²) in [7, 11) is -3.31. The zero-order valence-electron chi connectivity index (χ0n) is 10.6. The summed E-state index contributed by atoms with van der Waals surface area (Å²) in [5, 5.41) is 0. The Bertz CT molecular complexity index is 735. The van der Waals surface area contributed by atoms with E-state index < -0.39 is 20.8 Å². The fourth-order valence-corrected chi connectivity index (χ4v) is 2.71. The maximum absolute atomic E-state index is 12.4. The van der Waals surface area contributed by atoms with Gasteiger partial charge in [-0.2, -0.15) is 8.42 Å². The summed E-state index contributed by atoms with van der Waals surface area (Å²) in [5.41, 5.74) is 0.198. The van der Waals surface area contributed by atoms with E-state index >= 15 is 0 Å². The molecule has 6 heteroatoms. The molecule has 2 aromatic carbocycles. The van der Waals surface area contributed by atoms with Gasteiger partial charge in [0.15, 0.2) is 5.78 Å². The molecule has 0 aromatic heterocycles. The second-order valence-corrected chi connectivity index (χ2v) is 5.37. The van der Waals surface area contributed by atoms with Crippen molar-refractivity contribution in [1.82, 2.24) is 0 Å². The van der Waals surface area contributed by atoms with Gasteiger partial charge < -0.3 is 4.74 Å². The van der Waals surface area contributed by atoms with Crippen LogP contribution in [0.5, 0.6) is 5.75 Å². The molecule has 0 unspecified atom stereocenters. The zero-order valence-corrected chi connectivity index (χ0v) is 11.4. The molecule has 0 radical (unpaired) electrons. The topological polar surface area (TPSA) is 80.7 Å². The summed E-state index contributed by atoms with van der Waals surface area (Å²) in [6, 6.07) is 12.4. The summed E-state index contributed by atoms with van der Waals surface area (Å²) < 4.78 is 37.2. The quantitative estimate of drug-likeness (QED) is 0.690. The molecule has 0 bridgehead atoms. The summed E-state index contributed by atoms with van der Waals surface area (Å²) >= 11 is 0. The normalized spacial score (nSPS) is 11.1. The average Bonchev–Trinajstić information content (AvgIpc) is 2.45. The lowest BCUT2D eigenvalue weighted by molar-refractivity contribution is 0.103. The van der Waals surface area contributed by atoms with Crippen molar-refractivity contribution in [2.45, 2.75) is 4.90 Å². The number of methoxy groups -OCH3 is 1. The Balaban J connectivity index is 2.67. The third-order valence-corrected chi connectivity index (χ3v) is 3.67. The number of benzene rings is 2. The molecule has 0 saturated carbocycles. The second kappa shape index (κ2) is 5.44. The van der Waals surface area contributed by atoms with Crippen LogP contribution in [-0.2, 0) is 10.1 Å². The SMILES string of the molecule is COc1cccc(C(=O)c2ccccc2)c1S(=O)(=O)O. The Kier molecular flexibility index (Phi) is 3.87. The highest BCUT2D eigenvalue weighted by Gasteiger charge is 2.25. The molecule has 0 aliphatic carbocycles. The smallest absolute Gasteiger partial charge is 0.298 e. The molecule has 0 aliphatic rings. The first kappa shape index (κ1) is 14.2. The molecule has 0 aliphatic heterocycles. The molecule has 5 nitrogen and oxygen atoms in total. The maximum Gasteiger partial charge on any atom is 0.298 e. The number of rotatable bonds is 4. The Morgan fingerprint density at radius 3 is 2.25 bits per heavy atom. The van der Waals surface area contributed by atoms with Crippen LogP contribution in [0.1, 0.15) is 15.9 Å². The molecule has 2 aromatic rings. The van der Waals surface area contributed by atoms with Crippen LogP contribution in [0.2, 0.25) is 0 Å². The number of hydrogen-bond acceptors (Lipinski definition) is 4. The fourth-order valence-electron chi connectivity index (χ4n) is 1.87. The van der Waals surface area contributed by atoms with Gasteiger partial charge in [0.25, 0.3) is 10.1 Å². The van der Waals surface area contributed by atoms with Gasteiger partial charge >= 0.3 is 0 Å². The van der Waals surface area contributed by atoms with Crippen molar-refractivity contribution in [3.63, 3.8) is 0 Å². The third-order valence-electron chi connectivity index (χ3n) is 2.74. The molecule has 0 spiro atoms. The molecule has 0 heterocycles. The van der Waals surface area contributed by atoms with E-state index in [2.05, 4.69) is 0 Å². The van der Waals surface area contributed by atoms with Crippen LogP contribution >= 0.6 is 0 Å². The van der Waals surface area contributed by atoms with E-state index in [1.54, 1.807) is 30.3 Å². The van der Waals surface area contributed by atoms with Gasteiger partial charge in [-0.3, -0.25) is 9.35 Å². The minimum Gasteiger partial charge on any atom is -0.495 e. The third kappa shape index (κ3) is 2.71. The number of hydrogen-bond donors (Lipinski definition) is 1. The monoisotopic (exact) mass is 292 g/mol. The Morgan fingerprint density at radius 2 is 1.70 bits per heavy atom. The van der Waals surface area contributed by atoms with Crippen molar-refractivity contribution in [2.75, 3.05) is 7.11 Å². The standard InChI is InChI=1S/C14H12O5S/c1-19-12-9-5-8-11(14(12)20(16,17)18)13(15)10-6-3-2-4-7-10/h2-9H,1H3,(H,16,17,18). The van der Waals surface area contributed by atoms with Crippen molar-refractivity contribution < 1.29 is 22.5 Å². The van der Waals surface area contributed by atoms with Gasteiger partial charge in [0, 0.05) is 11.1 Å². The van der Waals surface area contributed by atoms with Crippen LogP contribution < -0.4 is 4.74 Å². The number of carbonyl (C=O) groups excluding carboxylic acids is 1. The van der Waals surface area contributed by atoms with E-state index in [4.69, 9.17) is 4.74 Å². The van der Waals surface area contributed by atoms with E-state index in [9.17, 15) is 17.8 Å². The van der Waals surface area contributed by atoms with Crippen LogP contribution in [-0.4, -0.2) is 25.9 Å². The van der Waals surface area contributed by atoms with E-state index in [-0.39, 0.29) is 11.3 Å². The van der Waals surface area contributed by atoms with Crippen LogP contribution in [0.15, 0.2) is 53.4 Å². The van der Waals surface area contributed by atoms with Crippen molar-refractivity contribution in [3.8, 4) is 5.75 Å². The molecule has 0 atom stereocenters. The van der Waals surface area contributed by atoms with Gasteiger partial charge in [-0.15, -0.1) is 0 Å². The van der Waals surface area contributed by atoms with Crippen molar-refractivity contribution in [3.05, 3.63) is 59.7 Å². The first-order chi connectivity index (χ1) is 9.45. The number of ether oxygens (including phenoxy) is 1. The average molecular weight is 292 g/mol. The highest BCUT2D eigenvalue weighted by molar-refractivity contribution is 7.86. The first-order valence-corrected chi connectivity index (χ1v) is 7.13. The van der Waals surface area contributed by atoms with Gasteiger partial charge in [0.1, 0.15) is 10.6 Å². The van der Waals surface area contributed by atoms with Crippen LogP contribution in [0, 0.1) is 0 Å². The molecule has 0 fully saturated rings. The molecule has 104 valence electrons. The van der Waals surface area contributed by atoms with Gasteiger partial charge in [0.05, 0.1) is 7.11 Å². The van der Waals surface area contributed by atoms with E-state index in [1.807, 2.05) is 0 Å². The molecule has 2 rings (SSSR count). The number of carbonyl (C=O) groups is 1. The highest BCUT2D eigenvalue weighted by atomic mass is 32.2. The molecular formula is C14H12O5S. The van der Waals surface area contributed by atoms with Crippen molar-refractivity contribution in [2.24, 2.45) is 0 Å². The maximum atomic E-state index is 12.4. The van der Waals surface area contributed by atoms with Crippen molar-refractivity contribution in [1.29, 1.82) is 0 Å². The lowest BCUT2D eigenvalue weighted by Crippen LogP contribution is -2.11. The molecule has 1 N–H and O–H groups in total. The largest absolute Gasteiger partial charge is 0.495 e. The fraction of sp³-hybridized carbons (Fsp3) is 0.0714. The Hall–Kier alpha value is -2.18. The number of ketones is 1. The molecule has 0 amide bonds. The molecule has 20 heavy (non-hydrogen) atoms. The van der Waals surface area contributed by atoms with Gasteiger partial charge in [-0.25, -0.2) is 0 Å². The summed E-state index contributed by atoms with van der Waals surface area (Å²) in [4.78, 5) is 11.8. The Labute approximate surface area is 116 Å². The summed E-state index contributed by atoms with van der Waals surface area (Å²) in [6.45, 7) is 0. The van der Waals surface area contributed by atoms with Crippen LogP contribution in [0.25, 0.3) is 0 Å². The van der Waals surface area contributed by atoms with E-state index in [0.717, 1.165) is 0 Å². The van der Waals surface area contributed by atoms with Gasteiger partial charge in [-0.1, -0.05) is 36.4 Å². The van der Waals surface area contributed by atoms with Crippen LogP contribution in [0.4, 0.5) is 0 Å². The zero-order chi connectivity index (χ0) is 14.8. The van der Waals surface area contributed by atoms with Crippen LogP contribution in [0.3, 0.4) is 0 Å². The van der Waals surface area contributed by atoms with Gasteiger partial charge in [0.2, 0.25) is 0 Å². The minimum atomic E-state index is -4.58. The minimum absolute atomic E-state index is 0.0747. The van der Waals surface area contributed by atoms with E-state index in [1.165, 1.54) is 25.3 Å². The van der Waals surface area contributed by atoms with Gasteiger partial charge in [-0.05, 0) is 12.1 Å².